The van der Waals surface area contributed by atoms with Gasteiger partial charge in [-0.15, -0.1) is 0 Å². The fourth-order valence-corrected chi connectivity index (χ4v) is 4.51. The second-order valence-corrected chi connectivity index (χ2v) is 9.50. The Labute approximate surface area is 192 Å². The predicted molar refractivity (Wildman–Crippen MR) is 140 cm³/mol. The molecule has 0 aliphatic carbocycles. The van der Waals surface area contributed by atoms with Crippen molar-refractivity contribution in [3.05, 3.63) is 42.5 Å². The number of benzene rings is 2. The number of rotatable bonds is 19. The third kappa shape index (κ3) is 11.6. The maximum Gasteiger partial charge on any atom is 0.0565 e. The molecule has 2 aromatic carbocycles. The van der Waals surface area contributed by atoms with Gasteiger partial charge in [-0.1, -0.05) is 134 Å². The first-order chi connectivity index (χ1) is 15.3. The summed E-state index contributed by atoms with van der Waals surface area (Å²) in [6.45, 7) is 5.74. The Hall–Kier alpha value is -1.54. The quantitative estimate of drug-likeness (QED) is 0.173. The fourth-order valence-electron chi connectivity index (χ4n) is 4.51. The van der Waals surface area contributed by atoms with Crippen molar-refractivity contribution >= 4 is 16.5 Å². The molecule has 0 saturated carbocycles. The molecule has 1 atom stereocenters. The van der Waals surface area contributed by atoms with Crippen molar-refractivity contribution in [3.8, 4) is 0 Å². The molecule has 1 unspecified atom stereocenters. The zero-order chi connectivity index (χ0) is 22.0. The van der Waals surface area contributed by atoms with Crippen LogP contribution < -0.4 is 10.9 Å². The first-order valence-corrected chi connectivity index (χ1v) is 13.3. The van der Waals surface area contributed by atoms with Crippen molar-refractivity contribution in [1.82, 2.24) is 5.43 Å². The van der Waals surface area contributed by atoms with E-state index in [0.29, 0.717) is 0 Å². The molecule has 174 valence electrons. The molecule has 2 rings (SSSR count). The Morgan fingerprint density at radius 1 is 0.645 bits per heavy atom. The zero-order valence-corrected chi connectivity index (χ0v) is 20.4. The second-order valence-electron chi connectivity index (χ2n) is 9.50. The molecular formula is C29H48N2. The van der Waals surface area contributed by atoms with Crippen LogP contribution in [-0.4, -0.2) is 6.54 Å². The Bertz CT molecular complexity index is 676. The lowest BCUT2D eigenvalue weighted by Gasteiger charge is -2.13. The van der Waals surface area contributed by atoms with E-state index in [4.69, 9.17) is 0 Å². The number of nitrogens with one attached hydrogen (secondary N) is 2. The predicted octanol–water partition coefficient (Wildman–Crippen LogP) is 9.26. The van der Waals surface area contributed by atoms with Crippen LogP contribution in [0.4, 0.5) is 5.69 Å². The summed E-state index contributed by atoms with van der Waals surface area (Å²) in [5, 5.41) is 2.56. The minimum Gasteiger partial charge on any atom is -0.321 e. The van der Waals surface area contributed by atoms with E-state index >= 15 is 0 Å². The van der Waals surface area contributed by atoms with E-state index in [0.717, 1.165) is 12.5 Å². The fraction of sp³-hybridized carbons (Fsp3) is 0.655. The molecule has 31 heavy (non-hydrogen) atoms. The standard InChI is InChI=1S/C29H48N2/c1-3-4-5-6-7-8-9-10-11-12-13-14-19-26(2)20-18-25-30-31-29-24-17-22-27-21-15-16-23-28(27)29/h15-17,21-24,26,30-31H,3-14,18-20,25H2,1-2H3. The molecule has 0 aliphatic heterocycles. The maximum atomic E-state index is 3.41. The molecule has 0 aromatic heterocycles. The van der Waals surface area contributed by atoms with Gasteiger partial charge in [-0.2, -0.15) is 0 Å². The first kappa shape index (κ1) is 25.7. The van der Waals surface area contributed by atoms with Crippen LogP contribution in [0.25, 0.3) is 10.8 Å². The summed E-state index contributed by atoms with van der Waals surface area (Å²) in [7, 11) is 0. The SMILES string of the molecule is CCCCCCCCCCCCCCC(C)CCCNNc1cccc2ccccc12. The van der Waals surface area contributed by atoms with Gasteiger partial charge in [0.25, 0.3) is 0 Å². The van der Waals surface area contributed by atoms with Gasteiger partial charge >= 0.3 is 0 Å². The van der Waals surface area contributed by atoms with Crippen molar-refractivity contribution < 1.29 is 0 Å². The summed E-state index contributed by atoms with van der Waals surface area (Å²) >= 11 is 0. The molecule has 0 amide bonds. The van der Waals surface area contributed by atoms with Crippen LogP contribution in [0.15, 0.2) is 42.5 Å². The van der Waals surface area contributed by atoms with Gasteiger partial charge in [0.05, 0.1) is 5.69 Å². The number of hydrogen-bond donors (Lipinski definition) is 2. The van der Waals surface area contributed by atoms with Crippen molar-refractivity contribution in [1.29, 1.82) is 0 Å². The van der Waals surface area contributed by atoms with E-state index < -0.39 is 0 Å². The zero-order valence-electron chi connectivity index (χ0n) is 20.4. The van der Waals surface area contributed by atoms with Gasteiger partial charge in [0.1, 0.15) is 0 Å². The van der Waals surface area contributed by atoms with Gasteiger partial charge in [-0.25, -0.2) is 5.43 Å². The summed E-state index contributed by atoms with van der Waals surface area (Å²) in [5.41, 5.74) is 7.99. The Morgan fingerprint density at radius 2 is 1.23 bits per heavy atom. The summed E-state index contributed by atoms with van der Waals surface area (Å²) in [6.07, 6.45) is 21.2. The molecule has 2 nitrogen and oxygen atoms in total. The van der Waals surface area contributed by atoms with Crippen molar-refractivity contribution in [2.45, 2.75) is 110 Å². The van der Waals surface area contributed by atoms with Gasteiger partial charge in [0.2, 0.25) is 0 Å². The number of anilines is 1. The second kappa shape index (κ2) is 17.1. The van der Waals surface area contributed by atoms with E-state index in [1.807, 2.05) is 0 Å². The van der Waals surface area contributed by atoms with Gasteiger partial charge in [-0.3, -0.25) is 0 Å². The largest absolute Gasteiger partial charge is 0.321 e. The summed E-state index contributed by atoms with van der Waals surface area (Å²) in [4.78, 5) is 0. The van der Waals surface area contributed by atoms with Crippen LogP contribution in [0.3, 0.4) is 0 Å². The number of fused-ring (bicyclic) bond motifs is 1. The normalized spacial score (nSPS) is 12.3. The molecule has 0 fully saturated rings. The molecule has 2 aromatic rings. The highest BCUT2D eigenvalue weighted by molar-refractivity contribution is 5.93. The highest BCUT2D eigenvalue weighted by Gasteiger charge is 2.03. The molecular weight excluding hydrogens is 376 g/mol. The molecule has 0 bridgehead atoms. The number of hydrazine groups is 1. The van der Waals surface area contributed by atoms with Crippen LogP contribution >= 0.6 is 0 Å². The monoisotopic (exact) mass is 424 g/mol. The van der Waals surface area contributed by atoms with E-state index in [1.165, 1.54) is 113 Å². The third-order valence-electron chi connectivity index (χ3n) is 6.56. The summed E-state index contributed by atoms with van der Waals surface area (Å²) < 4.78 is 0. The van der Waals surface area contributed by atoms with E-state index in [-0.39, 0.29) is 0 Å². The lowest BCUT2D eigenvalue weighted by atomic mass is 9.97. The number of hydrogen-bond acceptors (Lipinski definition) is 2. The minimum atomic E-state index is 0.850. The van der Waals surface area contributed by atoms with Crippen molar-refractivity contribution in [2.24, 2.45) is 5.92 Å². The lowest BCUT2D eigenvalue weighted by Crippen LogP contribution is -2.23. The van der Waals surface area contributed by atoms with Crippen molar-refractivity contribution in [3.63, 3.8) is 0 Å². The van der Waals surface area contributed by atoms with Gasteiger partial charge in [0, 0.05) is 11.9 Å². The van der Waals surface area contributed by atoms with Crippen LogP contribution in [-0.2, 0) is 0 Å². The topological polar surface area (TPSA) is 24.1 Å². The summed E-state index contributed by atoms with van der Waals surface area (Å²) in [6, 6.07) is 15.0. The van der Waals surface area contributed by atoms with E-state index in [9.17, 15) is 0 Å². The van der Waals surface area contributed by atoms with Crippen LogP contribution in [0.1, 0.15) is 110 Å². The first-order valence-electron chi connectivity index (χ1n) is 13.3. The molecule has 2 N–H and O–H groups in total. The summed E-state index contributed by atoms with van der Waals surface area (Å²) in [5.74, 6) is 0.850. The highest BCUT2D eigenvalue weighted by Crippen LogP contribution is 2.22. The van der Waals surface area contributed by atoms with E-state index in [1.54, 1.807) is 0 Å². The molecule has 0 aliphatic rings. The highest BCUT2D eigenvalue weighted by atomic mass is 15.3. The van der Waals surface area contributed by atoms with Crippen molar-refractivity contribution in [2.75, 3.05) is 12.0 Å². The Morgan fingerprint density at radius 3 is 1.94 bits per heavy atom. The lowest BCUT2D eigenvalue weighted by molar-refractivity contribution is 0.439. The maximum absolute atomic E-state index is 3.41. The van der Waals surface area contributed by atoms with Gasteiger partial charge < -0.3 is 5.43 Å². The van der Waals surface area contributed by atoms with Gasteiger partial charge in [0.15, 0.2) is 0 Å². The Kier molecular flexibility index (Phi) is 14.2. The smallest absolute Gasteiger partial charge is 0.0565 e. The van der Waals surface area contributed by atoms with Crippen LogP contribution in [0.5, 0.6) is 0 Å². The average Bonchev–Trinajstić information content (AvgIpc) is 2.79. The third-order valence-corrected chi connectivity index (χ3v) is 6.56. The molecule has 0 spiro atoms. The minimum absolute atomic E-state index is 0.850. The van der Waals surface area contributed by atoms with Gasteiger partial charge in [-0.05, 0) is 30.2 Å². The molecule has 0 radical (unpaired) electrons. The van der Waals surface area contributed by atoms with Crippen LogP contribution in [0.2, 0.25) is 0 Å². The molecule has 0 heterocycles. The molecule has 0 saturated heterocycles. The Balaban J connectivity index is 1.39. The van der Waals surface area contributed by atoms with Crippen LogP contribution in [0, 0.1) is 5.92 Å². The average molecular weight is 425 g/mol. The molecule has 2 heteroatoms. The van der Waals surface area contributed by atoms with E-state index in [2.05, 4.69) is 67.2 Å². The number of unbranched alkanes of at least 4 members (excludes halogenated alkanes) is 11.